The van der Waals surface area contributed by atoms with Gasteiger partial charge in [-0.1, -0.05) is 336 Å². The van der Waals surface area contributed by atoms with E-state index in [9.17, 15) is 43.2 Å². The second-order valence-electron chi connectivity index (χ2n) is 26.9. The lowest BCUT2D eigenvalue weighted by Gasteiger charge is -2.21. The molecule has 0 radical (unpaired) electrons. The van der Waals surface area contributed by atoms with Crippen LogP contribution in [-0.4, -0.2) is 96.7 Å². The highest BCUT2D eigenvalue weighted by molar-refractivity contribution is 7.47. The van der Waals surface area contributed by atoms with Crippen molar-refractivity contribution < 1.29 is 80.2 Å². The van der Waals surface area contributed by atoms with Crippen molar-refractivity contribution >= 4 is 39.5 Å². The van der Waals surface area contributed by atoms with Crippen molar-refractivity contribution in [3.05, 3.63) is 0 Å². The molecule has 3 unspecified atom stereocenters. The highest BCUT2D eigenvalue weighted by atomic mass is 31.2. The van der Waals surface area contributed by atoms with Gasteiger partial charge in [0, 0.05) is 25.7 Å². The summed E-state index contributed by atoms with van der Waals surface area (Å²) in [5, 5.41) is 10.6. The van der Waals surface area contributed by atoms with Crippen molar-refractivity contribution in [1.82, 2.24) is 0 Å². The van der Waals surface area contributed by atoms with Crippen LogP contribution < -0.4 is 0 Å². The predicted octanol–water partition coefficient (Wildman–Crippen LogP) is 21.7. The summed E-state index contributed by atoms with van der Waals surface area (Å²) in [5.74, 6) is -1.35. The summed E-state index contributed by atoms with van der Waals surface area (Å²) in [6.07, 6.45) is 55.3. The van der Waals surface area contributed by atoms with Crippen LogP contribution in [0.2, 0.25) is 0 Å². The van der Waals surface area contributed by atoms with Crippen molar-refractivity contribution in [2.75, 3.05) is 39.6 Å². The molecule has 0 saturated heterocycles. The van der Waals surface area contributed by atoms with Gasteiger partial charge in [-0.15, -0.1) is 0 Å². The number of esters is 4. The maximum absolute atomic E-state index is 13.1. The van der Waals surface area contributed by atoms with Gasteiger partial charge in [-0.05, 0) is 31.6 Å². The van der Waals surface area contributed by atoms with Gasteiger partial charge in [0.05, 0.1) is 26.4 Å². The molecule has 0 aromatic carbocycles. The van der Waals surface area contributed by atoms with E-state index in [2.05, 4.69) is 34.6 Å². The molecule has 0 spiro atoms. The average molecular weight is 1370 g/mol. The number of hydrogen-bond donors (Lipinski definition) is 3. The van der Waals surface area contributed by atoms with E-state index in [1.807, 2.05) is 0 Å². The molecule has 552 valence electrons. The van der Waals surface area contributed by atoms with Gasteiger partial charge >= 0.3 is 39.5 Å². The SMILES string of the molecule is CCCCCCCCCCCCCCCCCCCC(=O)O[C@H](COC(=O)CCCCCCCCCCCCCCCC)COP(=O)(O)OC[C@@H](O)COP(=O)(O)OC[C@@H](COC(=O)CCCCCCCCCCCC)OC(=O)CCCCCCCCCCC(C)CC. The monoisotopic (exact) mass is 1370 g/mol. The Morgan fingerprint density at radius 1 is 0.301 bits per heavy atom. The molecule has 0 bridgehead atoms. The maximum atomic E-state index is 13.1. The molecule has 0 heterocycles. The molecule has 0 saturated carbocycles. The number of unbranched alkanes of at least 4 members (excludes halogenated alkanes) is 45. The minimum Gasteiger partial charge on any atom is -0.462 e. The number of phosphoric acid groups is 2. The summed E-state index contributed by atoms with van der Waals surface area (Å²) in [4.78, 5) is 72.7. The van der Waals surface area contributed by atoms with E-state index in [1.54, 1.807) is 0 Å². The minimum atomic E-state index is -4.95. The van der Waals surface area contributed by atoms with E-state index in [0.29, 0.717) is 25.7 Å². The fourth-order valence-corrected chi connectivity index (χ4v) is 12.9. The molecule has 0 rings (SSSR count). The van der Waals surface area contributed by atoms with Crippen molar-refractivity contribution in [2.45, 2.75) is 406 Å². The first-order valence-corrected chi connectivity index (χ1v) is 41.7. The highest BCUT2D eigenvalue weighted by Gasteiger charge is 2.30. The van der Waals surface area contributed by atoms with Gasteiger partial charge in [0.25, 0.3) is 0 Å². The molecule has 0 aliphatic carbocycles. The first-order chi connectivity index (χ1) is 45.1. The molecule has 17 nitrogen and oxygen atoms in total. The maximum Gasteiger partial charge on any atom is 0.472 e. The van der Waals surface area contributed by atoms with E-state index >= 15 is 0 Å². The molecule has 0 amide bonds. The lowest BCUT2D eigenvalue weighted by atomic mass is 9.99. The Hall–Kier alpha value is -1.94. The molecular weight excluding hydrogens is 1220 g/mol. The molecule has 0 aromatic heterocycles. The highest BCUT2D eigenvalue weighted by Crippen LogP contribution is 2.45. The van der Waals surface area contributed by atoms with E-state index in [-0.39, 0.29) is 25.7 Å². The number of carbonyl (C=O) groups is 4. The fraction of sp³-hybridized carbons (Fsp3) is 0.946. The van der Waals surface area contributed by atoms with Crippen LogP contribution in [0.3, 0.4) is 0 Å². The summed E-state index contributed by atoms with van der Waals surface area (Å²) >= 11 is 0. The van der Waals surface area contributed by atoms with Gasteiger partial charge in [-0.3, -0.25) is 37.3 Å². The van der Waals surface area contributed by atoms with Crippen molar-refractivity contribution in [2.24, 2.45) is 5.92 Å². The Kier molecular flexibility index (Phi) is 65.9. The minimum absolute atomic E-state index is 0.105. The first kappa shape index (κ1) is 91.1. The van der Waals surface area contributed by atoms with Crippen LogP contribution in [0.4, 0.5) is 0 Å². The normalized spacial score (nSPS) is 14.3. The van der Waals surface area contributed by atoms with Crippen molar-refractivity contribution in [3.8, 4) is 0 Å². The molecule has 0 fully saturated rings. The van der Waals surface area contributed by atoms with E-state index in [0.717, 1.165) is 95.8 Å². The third kappa shape index (κ3) is 67.0. The van der Waals surface area contributed by atoms with Gasteiger partial charge in [0.15, 0.2) is 12.2 Å². The Balaban J connectivity index is 5.24. The molecule has 6 atom stereocenters. The van der Waals surface area contributed by atoms with E-state index < -0.39 is 97.5 Å². The zero-order valence-electron chi connectivity index (χ0n) is 60.4. The quantitative estimate of drug-likeness (QED) is 0.0222. The average Bonchev–Trinajstić information content (AvgIpc) is 2.26. The van der Waals surface area contributed by atoms with E-state index in [4.69, 9.17) is 37.0 Å². The van der Waals surface area contributed by atoms with Gasteiger partial charge in [-0.2, -0.15) is 0 Å². The number of ether oxygens (including phenoxy) is 4. The zero-order valence-corrected chi connectivity index (χ0v) is 62.2. The fourth-order valence-electron chi connectivity index (χ4n) is 11.3. The number of hydrogen-bond acceptors (Lipinski definition) is 15. The van der Waals surface area contributed by atoms with Gasteiger partial charge in [0.1, 0.15) is 19.3 Å². The summed E-state index contributed by atoms with van der Waals surface area (Å²) in [6.45, 7) is 7.27. The third-order valence-corrected chi connectivity index (χ3v) is 19.5. The Morgan fingerprint density at radius 3 is 0.763 bits per heavy atom. The number of phosphoric ester groups is 2. The second kappa shape index (κ2) is 67.3. The van der Waals surface area contributed by atoms with Crippen LogP contribution in [0.15, 0.2) is 0 Å². The third-order valence-electron chi connectivity index (χ3n) is 17.6. The molecule has 0 aliphatic heterocycles. The Labute approximate surface area is 568 Å². The van der Waals surface area contributed by atoms with Crippen LogP contribution >= 0.6 is 15.6 Å². The summed E-state index contributed by atoms with van der Waals surface area (Å²) < 4.78 is 68.4. The molecule has 0 aromatic rings. The van der Waals surface area contributed by atoms with Crippen molar-refractivity contribution in [1.29, 1.82) is 0 Å². The number of aliphatic hydroxyl groups is 1. The molecule has 93 heavy (non-hydrogen) atoms. The zero-order chi connectivity index (χ0) is 68.4. The van der Waals surface area contributed by atoms with Crippen molar-refractivity contribution in [3.63, 3.8) is 0 Å². The Bertz CT molecular complexity index is 1790. The standard InChI is InChI=1S/C74H144O17P2/c1-6-10-13-16-19-22-25-27-29-30-31-33-35-38-44-49-54-59-73(78)90-69(63-85-72(77)58-53-48-43-37-34-32-28-26-23-20-17-14-11-7-2)65-88-92(80,81)86-61-68(75)62-87-93(82,83)89-66-70(64-84-71(76)57-52-47-42-36-24-21-18-15-12-8-3)91-74(79)60-55-50-45-40-39-41-46-51-56-67(5)9-4/h67-70,75H,6-66H2,1-5H3,(H,80,81)(H,82,83)/t67?,68-,69-,70-/m1/s1. The summed E-state index contributed by atoms with van der Waals surface area (Å²) in [7, 11) is -9.91. The van der Waals surface area contributed by atoms with Crippen LogP contribution in [-0.2, 0) is 65.4 Å². The molecular formula is C74H144O17P2. The summed E-state index contributed by atoms with van der Waals surface area (Å²) in [6, 6.07) is 0. The number of aliphatic hydroxyl groups excluding tert-OH is 1. The van der Waals surface area contributed by atoms with Crippen LogP contribution in [0.25, 0.3) is 0 Å². The van der Waals surface area contributed by atoms with E-state index in [1.165, 1.54) is 212 Å². The predicted molar refractivity (Wildman–Crippen MR) is 377 cm³/mol. The van der Waals surface area contributed by atoms with Crippen LogP contribution in [0, 0.1) is 5.92 Å². The Morgan fingerprint density at radius 2 is 0.516 bits per heavy atom. The first-order valence-electron chi connectivity index (χ1n) is 38.7. The van der Waals surface area contributed by atoms with Crippen LogP contribution in [0.1, 0.15) is 388 Å². The largest absolute Gasteiger partial charge is 0.472 e. The van der Waals surface area contributed by atoms with Gasteiger partial charge < -0.3 is 33.8 Å². The molecule has 3 N–H and O–H groups in total. The lowest BCUT2D eigenvalue weighted by Crippen LogP contribution is -2.30. The summed E-state index contributed by atoms with van der Waals surface area (Å²) in [5.41, 5.74) is 0. The molecule has 19 heteroatoms. The van der Waals surface area contributed by atoms with Gasteiger partial charge in [0.2, 0.25) is 0 Å². The van der Waals surface area contributed by atoms with Gasteiger partial charge in [-0.25, -0.2) is 9.13 Å². The number of rotatable bonds is 74. The smallest absolute Gasteiger partial charge is 0.462 e. The second-order valence-corrected chi connectivity index (χ2v) is 29.8. The molecule has 0 aliphatic rings. The van der Waals surface area contributed by atoms with Crippen LogP contribution in [0.5, 0.6) is 0 Å². The number of carbonyl (C=O) groups excluding carboxylic acids is 4. The lowest BCUT2D eigenvalue weighted by molar-refractivity contribution is -0.161. The topological polar surface area (TPSA) is 237 Å².